The van der Waals surface area contributed by atoms with Crippen molar-refractivity contribution in [1.82, 2.24) is 0 Å². The number of aliphatic hydroxyl groups excluding tert-OH is 4. The molecule has 1 atom stereocenters. The van der Waals surface area contributed by atoms with Crippen LogP contribution in [0.4, 0.5) is 0 Å². The Morgan fingerprint density at radius 3 is 1.46 bits per heavy atom. The predicted octanol–water partition coefficient (Wildman–Crippen LogP) is 4.44. The Labute approximate surface area is 222 Å². The molecule has 0 amide bonds. The molecule has 2 rings (SSSR count). The van der Waals surface area contributed by atoms with E-state index >= 15 is 0 Å². The summed E-state index contributed by atoms with van der Waals surface area (Å²) in [5.41, 5.74) is 1.70. The smallest absolute Gasteiger partial charge is 0.418 e. The average molecular weight is 561 g/mol. The minimum Gasteiger partial charge on any atom is -0.418 e. The van der Waals surface area contributed by atoms with Crippen LogP contribution in [0, 0.1) is 12.3 Å². The van der Waals surface area contributed by atoms with Crippen molar-refractivity contribution >= 4 is 17.2 Å². The van der Waals surface area contributed by atoms with E-state index in [0.717, 1.165) is 16.7 Å². The highest BCUT2D eigenvalue weighted by Gasteiger charge is 2.32. The summed E-state index contributed by atoms with van der Waals surface area (Å²) >= 11 is 0. The van der Waals surface area contributed by atoms with Crippen molar-refractivity contribution < 1.29 is 43.6 Å². The summed E-state index contributed by atoms with van der Waals surface area (Å²) in [7, 11) is -4.70. The van der Waals surface area contributed by atoms with Crippen LogP contribution in [0.5, 0.6) is 11.5 Å². The standard InChI is InChI=1S/C21H30O5P2.C5H12O4/c1-15-13-17(20(2,3)4)19(18(14-15)21(5,6)7)25-28(26-27(22)23)24-16-11-9-8-10-12-16;6-1-5(2-7,3-8)4-9/h8-14,22-23H,1-7H3;6-9H,1-4H2. The molecule has 2 aromatic carbocycles. The summed E-state index contributed by atoms with van der Waals surface area (Å²) in [5.74, 6) is 1.21. The Morgan fingerprint density at radius 1 is 0.703 bits per heavy atom. The van der Waals surface area contributed by atoms with Gasteiger partial charge in [0.15, 0.2) is 0 Å². The van der Waals surface area contributed by atoms with Crippen LogP contribution in [0.25, 0.3) is 0 Å². The molecular weight excluding hydrogens is 518 g/mol. The van der Waals surface area contributed by atoms with Crippen LogP contribution >= 0.6 is 17.2 Å². The van der Waals surface area contributed by atoms with Crippen molar-refractivity contribution in [2.75, 3.05) is 26.4 Å². The van der Waals surface area contributed by atoms with Crippen LogP contribution in [-0.4, -0.2) is 56.6 Å². The fourth-order valence-electron chi connectivity index (χ4n) is 3.04. The van der Waals surface area contributed by atoms with Crippen molar-refractivity contribution in [3.05, 3.63) is 59.2 Å². The van der Waals surface area contributed by atoms with Crippen LogP contribution in [0.1, 0.15) is 58.2 Å². The molecule has 9 nitrogen and oxygen atoms in total. The molecule has 0 aliphatic rings. The number of aryl methyl sites for hydroxylation is 1. The van der Waals surface area contributed by atoms with Gasteiger partial charge in [-0.25, -0.2) is 4.31 Å². The second-order valence-electron chi connectivity index (χ2n) is 10.9. The zero-order valence-electron chi connectivity index (χ0n) is 22.7. The SMILES string of the molecule is Cc1cc(C(C)(C)C)c(OP(Oc2ccccc2)OP(O)O)c(C(C)(C)C)c1.OCC(CO)(CO)CO. The highest BCUT2D eigenvalue weighted by molar-refractivity contribution is 7.55. The molecule has 0 spiro atoms. The largest absolute Gasteiger partial charge is 0.470 e. The fraction of sp³-hybridized carbons (Fsp3) is 0.538. The van der Waals surface area contributed by atoms with Gasteiger partial charge >= 0.3 is 17.2 Å². The van der Waals surface area contributed by atoms with E-state index in [4.69, 9.17) is 33.8 Å². The number of hydrogen-bond acceptors (Lipinski definition) is 9. The van der Waals surface area contributed by atoms with Crippen LogP contribution < -0.4 is 9.05 Å². The first-order valence-electron chi connectivity index (χ1n) is 11.8. The van der Waals surface area contributed by atoms with E-state index in [2.05, 4.69) is 60.6 Å². The van der Waals surface area contributed by atoms with E-state index in [1.165, 1.54) is 0 Å². The maximum Gasteiger partial charge on any atom is 0.470 e. The van der Waals surface area contributed by atoms with Gasteiger partial charge < -0.3 is 39.3 Å². The minimum absolute atomic E-state index is 0.182. The second-order valence-corrected chi connectivity index (χ2v) is 12.8. The van der Waals surface area contributed by atoms with E-state index in [1.54, 1.807) is 12.1 Å². The van der Waals surface area contributed by atoms with Crippen molar-refractivity contribution in [1.29, 1.82) is 0 Å². The molecule has 2 aromatic rings. The molecule has 37 heavy (non-hydrogen) atoms. The van der Waals surface area contributed by atoms with Crippen molar-refractivity contribution in [3.63, 3.8) is 0 Å². The lowest BCUT2D eigenvalue weighted by molar-refractivity contribution is -0.0328. The first-order chi connectivity index (χ1) is 17.1. The normalized spacial score (nSPS) is 13.1. The third-order valence-electron chi connectivity index (χ3n) is 5.42. The van der Waals surface area contributed by atoms with Gasteiger partial charge in [-0.1, -0.05) is 77.4 Å². The Hall–Kier alpha value is -1.38. The molecule has 210 valence electrons. The van der Waals surface area contributed by atoms with Gasteiger partial charge in [-0.3, -0.25) is 0 Å². The third kappa shape index (κ3) is 10.7. The minimum atomic E-state index is -2.64. The molecular formula is C26H42O9P2. The van der Waals surface area contributed by atoms with Gasteiger partial charge in [0.1, 0.15) is 11.5 Å². The van der Waals surface area contributed by atoms with Gasteiger partial charge in [-0.05, 0) is 29.9 Å². The first-order valence-corrected chi connectivity index (χ1v) is 14.0. The molecule has 0 heterocycles. The molecule has 6 N–H and O–H groups in total. The number of aliphatic hydroxyl groups is 4. The monoisotopic (exact) mass is 560 g/mol. The van der Waals surface area contributed by atoms with E-state index in [1.807, 2.05) is 18.2 Å². The van der Waals surface area contributed by atoms with Crippen molar-refractivity contribution in [2.24, 2.45) is 5.41 Å². The molecule has 0 aromatic heterocycles. The van der Waals surface area contributed by atoms with Crippen LogP contribution in [0.15, 0.2) is 42.5 Å². The molecule has 0 fully saturated rings. The molecule has 0 saturated heterocycles. The molecule has 0 radical (unpaired) electrons. The van der Waals surface area contributed by atoms with E-state index < -0.39 is 49.0 Å². The van der Waals surface area contributed by atoms with Gasteiger partial charge in [0.2, 0.25) is 0 Å². The van der Waals surface area contributed by atoms with Crippen LogP contribution in [0.2, 0.25) is 0 Å². The van der Waals surface area contributed by atoms with Gasteiger partial charge in [-0.2, -0.15) is 0 Å². The third-order valence-corrected chi connectivity index (χ3v) is 7.23. The molecule has 0 aliphatic carbocycles. The lowest BCUT2D eigenvalue weighted by atomic mass is 9.78. The summed E-state index contributed by atoms with van der Waals surface area (Å²) in [5, 5.41) is 34.0. The first kappa shape index (κ1) is 33.6. The molecule has 1 unspecified atom stereocenters. The van der Waals surface area contributed by atoms with Gasteiger partial charge in [-0.15, -0.1) is 0 Å². The van der Waals surface area contributed by atoms with Gasteiger partial charge in [0, 0.05) is 11.1 Å². The summed E-state index contributed by atoms with van der Waals surface area (Å²) in [6, 6.07) is 13.3. The van der Waals surface area contributed by atoms with E-state index in [9.17, 15) is 9.79 Å². The van der Waals surface area contributed by atoms with Crippen molar-refractivity contribution in [3.8, 4) is 11.5 Å². The molecule has 0 saturated carbocycles. The highest BCUT2D eigenvalue weighted by atomic mass is 31.2. The van der Waals surface area contributed by atoms with Crippen LogP contribution in [-0.2, 0) is 15.1 Å². The Balaban J connectivity index is 0.000000649. The Bertz CT molecular complexity index is 885. The summed E-state index contributed by atoms with van der Waals surface area (Å²) in [6.07, 6.45) is 0. The molecule has 0 aliphatic heterocycles. The van der Waals surface area contributed by atoms with Crippen LogP contribution in [0.3, 0.4) is 0 Å². The summed E-state index contributed by atoms with van der Waals surface area (Å²) in [6.45, 7) is 13.1. The molecule has 11 heteroatoms. The average Bonchev–Trinajstić information content (AvgIpc) is 2.81. The summed E-state index contributed by atoms with van der Waals surface area (Å²) in [4.78, 5) is 18.9. The number of rotatable bonds is 10. The summed E-state index contributed by atoms with van der Waals surface area (Å²) < 4.78 is 17.2. The Kier molecular flexibility index (Phi) is 13.4. The maximum absolute atomic E-state index is 9.44. The van der Waals surface area contributed by atoms with Gasteiger partial charge in [0.25, 0.3) is 0 Å². The van der Waals surface area contributed by atoms with Gasteiger partial charge in [0.05, 0.1) is 31.8 Å². The van der Waals surface area contributed by atoms with Crippen molar-refractivity contribution in [2.45, 2.75) is 59.3 Å². The van der Waals surface area contributed by atoms with E-state index in [0.29, 0.717) is 11.5 Å². The fourth-order valence-corrected chi connectivity index (χ4v) is 4.46. The lowest BCUT2D eigenvalue weighted by Crippen LogP contribution is -2.37. The number of benzene rings is 2. The quantitative estimate of drug-likeness (QED) is 0.232. The lowest BCUT2D eigenvalue weighted by Gasteiger charge is -2.31. The maximum atomic E-state index is 9.44. The van der Waals surface area contributed by atoms with E-state index in [-0.39, 0.29) is 10.8 Å². The number of hydrogen-bond donors (Lipinski definition) is 6. The predicted molar refractivity (Wildman–Crippen MR) is 146 cm³/mol. The zero-order chi connectivity index (χ0) is 28.4. The second kappa shape index (κ2) is 14.7. The molecule has 0 bridgehead atoms. The highest BCUT2D eigenvalue weighted by Crippen LogP contribution is 2.53. The zero-order valence-corrected chi connectivity index (χ0v) is 24.5. The Morgan fingerprint density at radius 2 is 1.14 bits per heavy atom. The topological polar surface area (TPSA) is 149 Å². The number of para-hydroxylation sites is 1.